The van der Waals surface area contributed by atoms with Gasteiger partial charge in [0.2, 0.25) is 0 Å². The van der Waals surface area contributed by atoms with Crippen LogP contribution in [0.15, 0.2) is 30.3 Å². The fourth-order valence-electron chi connectivity index (χ4n) is 1.49. The molecule has 0 bridgehead atoms. The number of hydrogen-bond acceptors (Lipinski definition) is 3. The van der Waals surface area contributed by atoms with E-state index in [2.05, 4.69) is 28.7 Å². The summed E-state index contributed by atoms with van der Waals surface area (Å²) in [7, 11) is 0. The highest BCUT2D eigenvalue weighted by Gasteiger charge is 2.17. The molecule has 1 heterocycles. The molecule has 1 aromatic carbocycles. The average molecular weight is 339 g/mol. The van der Waals surface area contributed by atoms with Crippen LogP contribution in [0.1, 0.15) is 15.2 Å². The van der Waals surface area contributed by atoms with Crippen molar-refractivity contribution in [3.05, 3.63) is 43.7 Å². The van der Waals surface area contributed by atoms with Crippen LogP contribution in [0.5, 0.6) is 0 Å². The third-order valence-electron chi connectivity index (χ3n) is 2.17. The first-order valence-corrected chi connectivity index (χ1v) is 6.40. The SMILES string of the molecule is N#Cc1c(I)sc(C=O)c1-c1ccccc1. The summed E-state index contributed by atoms with van der Waals surface area (Å²) in [6.07, 6.45) is 0.815. The van der Waals surface area contributed by atoms with Gasteiger partial charge in [0.05, 0.1) is 13.3 Å². The maximum atomic E-state index is 11.0. The lowest BCUT2D eigenvalue weighted by molar-refractivity contribution is 0.112. The van der Waals surface area contributed by atoms with E-state index in [0.29, 0.717) is 10.4 Å². The number of benzene rings is 1. The van der Waals surface area contributed by atoms with E-state index >= 15 is 0 Å². The van der Waals surface area contributed by atoms with Gasteiger partial charge in [-0.1, -0.05) is 30.3 Å². The van der Waals surface area contributed by atoms with Crippen LogP contribution in [0.3, 0.4) is 0 Å². The minimum absolute atomic E-state index is 0.596. The van der Waals surface area contributed by atoms with Gasteiger partial charge in [-0.25, -0.2) is 0 Å². The van der Waals surface area contributed by atoms with Crippen LogP contribution in [0.25, 0.3) is 11.1 Å². The Kier molecular flexibility index (Phi) is 3.36. The Hall–Kier alpha value is -1.19. The van der Waals surface area contributed by atoms with Gasteiger partial charge in [-0.2, -0.15) is 5.26 Å². The molecule has 78 valence electrons. The second-order valence-electron chi connectivity index (χ2n) is 3.09. The Morgan fingerprint density at radius 3 is 2.56 bits per heavy atom. The van der Waals surface area contributed by atoms with E-state index in [4.69, 9.17) is 5.26 Å². The summed E-state index contributed by atoms with van der Waals surface area (Å²) in [5.74, 6) is 0. The maximum Gasteiger partial charge on any atom is 0.160 e. The maximum absolute atomic E-state index is 11.0. The average Bonchev–Trinajstić information content (AvgIpc) is 2.66. The van der Waals surface area contributed by atoms with Gasteiger partial charge in [-0.05, 0) is 28.2 Å². The van der Waals surface area contributed by atoms with E-state index in [1.54, 1.807) is 0 Å². The Morgan fingerprint density at radius 2 is 2.00 bits per heavy atom. The molecule has 0 aliphatic heterocycles. The van der Waals surface area contributed by atoms with E-state index in [-0.39, 0.29) is 0 Å². The molecule has 0 fully saturated rings. The number of halogens is 1. The molecule has 2 rings (SSSR count). The van der Waals surface area contributed by atoms with Crippen LogP contribution in [0.4, 0.5) is 0 Å². The lowest BCUT2D eigenvalue weighted by atomic mass is 10.0. The summed E-state index contributed by atoms with van der Waals surface area (Å²) < 4.78 is 0.862. The quantitative estimate of drug-likeness (QED) is 0.618. The minimum Gasteiger partial charge on any atom is -0.297 e. The third kappa shape index (κ3) is 1.88. The monoisotopic (exact) mass is 339 g/mol. The number of aldehydes is 1. The minimum atomic E-state index is 0.596. The molecular weight excluding hydrogens is 333 g/mol. The van der Waals surface area contributed by atoms with E-state index in [0.717, 1.165) is 20.3 Å². The second-order valence-corrected chi connectivity index (χ2v) is 5.95. The predicted molar refractivity (Wildman–Crippen MR) is 72.6 cm³/mol. The number of nitrogens with zero attached hydrogens (tertiary/aromatic N) is 1. The molecule has 0 spiro atoms. The lowest BCUT2D eigenvalue weighted by Gasteiger charge is -1.99. The number of thiophene rings is 1. The molecule has 0 radical (unpaired) electrons. The summed E-state index contributed by atoms with van der Waals surface area (Å²) in [6.45, 7) is 0. The molecule has 16 heavy (non-hydrogen) atoms. The molecule has 0 amide bonds. The van der Waals surface area contributed by atoms with Gasteiger partial charge in [0.15, 0.2) is 6.29 Å². The highest BCUT2D eigenvalue weighted by Crippen LogP contribution is 2.35. The van der Waals surface area contributed by atoms with Crippen molar-refractivity contribution in [2.75, 3.05) is 0 Å². The van der Waals surface area contributed by atoms with Crippen molar-refractivity contribution in [2.45, 2.75) is 0 Å². The van der Waals surface area contributed by atoms with Crippen molar-refractivity contribution >= 4 is 40.2 Å². The zero-order valence-electron chi connectivity index (χ0n) is 8.11. The van der Waals surface area contributed by atoms with Crippen molar-refractivity contribution in [2.24, 2.45) is 0 Å². The molecule has 0 unspecified atom stereocenters. The summed E-state index contributed by atoms with van der Waals surface area (Å²) in [5, 5.41) is 9.11. The smallest absolute Gasteiger partial charge is 0.160 e. The third-order valence-corrected chi connectivity index (χ3v) is 4.28. The molecule has 2 aromatic rings. The molecule has 0 aliphatic carbocycles. The second kappa shape index (κ2) is 4.76. The molecule has 2 nitrogen and oxygen atoms in total. The molecule has 4 heteroatoms. The largest absolute Gasteiger partial charge is 0.297 e. The topological polar surface area (TPSA) is 40.9 Å². The van der Waals surface area contributed by atoms with E-state index in [9.17, 15) is 4.79 Å². The van der Waals surface area contributed by atoms with E-state index in [1.165, 1.54) is 11.3 Å². The van der Waals surface area contributed by atoms with Crippen molar-refractivity contribution in [1.82, 2.24) is 0 Å². The molecule has 0 saturated carbocycles. The van der Waals surface area contributed by atoms with Gasteiger partial charge in [-0.3, -0.25) is 4.79 Å². The van der Waals surface area contributed by atoms with Gasteiger partial charge in [0.25, 0.3) is 0 Å². The van der Waals surface area contributed by atoms with Crippen LogP contribution in [0.2, 0.25) is 0 Å². The Balaban J connectivity index is 2.73. The van der Waals surface area contributed by atoms with Crippen LogP contribution < -0.4 is 0 Å². The van der Waals surface area contributed by atoms with Gasteiger partial charge >= 0.3 is 0 Å². The molecule has 0 aliphatic rings. The first-order valence-electron chi connectivity index (χ1n) is 4.51. The summed E-state index contributed by atoms with van der Waals surface area (Å²) >= 11 is 3.45. The Morgan fingerprint density at radius 1 is 1.31 bits per heavy atom. The first-order chi connectivity index (χ1) is 7.77. The zero-order valence-corrected chi connectivity index (χ0v) is 11.1. The standard InChI is InChI=1S/C12H6INOS/c13-12-9(6-14)11(10(7-15)16-12)8-4-2-1-3-5-8/h1-5,7H. The van der Waals surface area contributed by atoms with E-state index < -0.39 is 0 Å². The first kappa shape index (κ1) is 11.3. The molecule has 0 atom stereocenters. The highest BCUT2D eigenvalue weighted by atomic mass is 127. The van der Waals surface area contributed by atoms with Crippen molar-refractivity contribution < 1.29 is 4.79 Å². The van der Waals surface area contributed by atoms with Crippen molar-refractivity contribution in [1.29, 1.82) is 5.26 Å². The lowest BCUT2D eigenvalue weighted by Crippen LogP contribution is -1.84. The van der Waals surface area contributed by atoms with Crippen LogP contribution >= 0.6 is 33.9 Å². The number of carbonyl (C=O) groups excluding carboxylic acids is 1. The van der Waals surface area contributed by atoms with Gasteiger partial charge in [-0.15, -0.1) is 11.3 Å². The molecule has 1 aromatic heterocycles. The summed E-state index contributed by atoms with van der Waals surface area (Å²) in [6, 6.07) is 11.7. The number of rotatable bonds is 2. The van der Waals surface area contributed by atoms with Gasteiger partial charge < -0.3 is 0 Å². The Labute approximate surface area is 111 Å². The summed E-state index contributed by atoms with van der Waals surface area (Å²) in [4.78, 5) is 11.6. The number of carbonyl (C=O) groups is 1. The van der Waals surface area contributed by atoms with Crippen LogP contribution in [-0.2, 0) is 0 Å². The molecular formula is C12H6INOS. The van der Waals surface area contributed by atoms with E-state index in [1.807, 2.05) is 30.3 Å². The highest BCUT2D eigenvalue weighted by molar-refractivity contribution is 14.1. The Bertz CT molecular complexity index is 569. The van der Waals surface area contributed by atoms with Crippen LogP contribution in [-0.4, -0.2) is 6.29 Å². The molecule has 0 N–H and O–H groups in total. The number of nitriles is 1. The van der Waals surface area contributed by atoms with Crippen molar-refractivity contribution in [3.8, 4) is 17.2 Å². The fraction of sp³-hybridized carbons (Fsp3) is 0. The molecule has 0 saturated heterocycles. The summed E-state index contributed by atoms with van der Waals surface area (Å²) in [5.41, 5.74) is 2.27. The van der Waals surface area contributed by atoms with Crippen molar-refractivity contribution in [3.63, 3.8) is 0 Å². The van der Waals surface area contributed by atoms with Crippen LogP contribution in [0, 0.1) is 14.2 Å². The normalized spacial score (nSPS) is 9.75. The fourth-order valence-corrected chi connectivity index (χ4v) is 3.41. The van der Waals surface area contributed by atoms with Gasteiger partial charge in [0, 0.05) is 5.56 Å². The predicted octanol–water partition coefficient (Wildman–Crippen LogP) is 3.70. The number of hydrogen-bond donors (Lipinski definition) is 0. The van der Waals surface area contributed by atoms with Gasteiger partial charge in [0.1, 0.15) is 6.07 Å². The zero-order chi connectivity index (χ0) is 11.5.